The van der Waals surface area contributed by atoms with E-state index in [0.29, 0.717) is 35.9 Å². The van der Waals surface area contributed by atoms with Crippen LogP contribution < -0.4 is 26.0 Å². The number of nitrogens with two attached hydrogens (primary N) is 1. The van der Waals surface area contributed by atoms with Gasteiger partial charge in [-0.2, -0.15) is 0 Å². The minimum absolute atomic E-state index is 0.0217. The number of piperazine rings is 1. The van der Waals surface area contributed by atoms with Crippen LogP contribution in [0.25, 0.3) is 21.7 Å². The topological polar surface area (TPSA) is 203 Å². The number of nitrogen functional groups attached to an aromatic ring is 1. The van der Waals surface area contributed by atoms with Crippen molar-refractivity contribution in [3.05, 3.63) is 101 Å². The van der Waals surface area contributed by atoms with Crippen molar-refractivity contribution in [2.75, 3.05) is 50.0 Å². The molecule has 5 aromatic rings. The van der Waals surface area contributed by atoms with Crippen LogP contribution in [-0.2, 0) is 29.1 Å². The van der Waals surface area contributed by atoms with Gasteiger partial charge in [-0.15, -0.1) is 21.5 Å². The maximum Gasteiger partial charge on any atom is 0.258 e. The smallest absolute Gasteiger partial charge is 0.258 e. The number of nitrogens with zero attached hydrogens (tertiary/aromatic N) is 6. The van der Waals surface area contributed by atoms with Crippen LogP contribution in [0.1, 0.15) is 62.4 Å². The summed E-state index contributed by atoms with van der Waals surface area (Å²) in [5, 5.41) is 46.8. The Morgan fingerprint density at radius 1 is 1.02 bits per heavy atom. The van der Waals surface area contributed by atoms with Crippen LogP contribution in [0.4, 0.5) is 15.9 Å². The Kier molecular flexibility index (Phi) is 13.9. The van der Waals surface area contributed by atoms with Gasteiger partial charge in [0.1, 0.15) is 23.8 Å². The fraction of sp³-hybridized carbons (Fsp3) is 0.449. The molecule has 2 amide bonds. The summed E-state index contributed by atoms with van der Waals surface area (Å²) in [5.74, 6) is -0.130. The molecule has 8 rings (SSSR count). The van der Waals surface area contributed by atoms with Gasteiger partial charge in [-0.25, -0.2) is 9.37 Å². The minimum Gasteiger partial charge on any atom is -0.507 e. The lowest BCUT2D eigenvalue weighted by atomic mass is 9.85. The molecule has 0 spiro atoms. The number of aromatic nitrogens is 3. The molecule has 0 bridgehead atoms. The van der Waals surface area contributed by atoms with E-state index in [1.165, 1.54) is 10.5 Å². The van der Waals surface area contributed by atoms with Crippen molar-refractivity contribution in [1.82, 2.24) is 35.6 Å². The highest BCUT2D eigenvalue weighted by Crippen LogP contribution is 2.41. The van der Waals surface area contributed by atoms with E-state index in [0.717, 1.165) is 65.7 Å². The number of alkyl halides is 1. The van der Waals surface area contributed by atoms with Gasteiger partial charge in [-0.3, -0.25) is 19.8 Å². The highest BCUT2D eigenvalue weighted by Gasteiger charge is 2.53. The predicted octanol–water partition coefficient (Wildman–Crippen LogP) is 5.21. The molecule has 15 nitrogen and oxygen atoms in total. The summed E-state index contributed by atoms with van der Waals surface area (Å²) < 4.78 is 21.2. The van der Waals surface area contributed by atoms with E-state index in [2.05, 4.69) is 59.9 Å². The van der Waals surface area contributed by atoms with E-state index in [1.807, 2.05) is 48.8 Å². The van der Waals surface area contributed by atoms with E-state index >= 15 is 0 Å². The van der Waals surface area contributed by atoms with Crippen LogP contribution in [0.5, 0.6) is 11.5 Å². The van der Waals surface area contributed by atoms with Gasteiger partial charge in [0.25, 0.3) is 5.91 Å². The molecule has 4 heterocycles. The fourth-order valence-corrected chi connectivity index (χ4v) is 9.48. The Morgan fingerprint density at radius 2 is 1.74 bits per heavy atom. The van der Waals surface area contributed by atoms with E-state index < -0.39 is 47.3 Å². The molecule has 350 valence electrons. The summed E-state index contributed by atoms with van der Waals surface area (Å²) in [6.07, 6.45) is -1.07. The molecule has 1 aliphatic carbocycles. The van der Waals surface area contributed by atoms with Gasteiger partial charge in [0.2, 0.25) is 5.91 Å². The number of rotatable bonds is 16. The van der Waals surface area contributed by atoms with Crippen molar-refractivity contribution in [3.8, 4) is 33.2 Å². The lowest BCUT2D eigenvalue weighted by Gasteiger charge is -2.37. The number of aryl methyl sites for hydroxylation is 1. The molecule has 4 atom stereocenters. The second-order valence-electron chi connectivity index (χ2n) is 18.8. The number of aliphatic hydroxyl groups excluding tert-OH is 2. The van der Waals surface area contributed by atoms with Crippen molar-refractivity contribution in [3.63, 3.8) is 0 Å². The summed E-state index contributed by atoms with van der Waals surface area (Å²) in [6.45, 7) is 12.0. The minimum atomic E-state index is -1.95. The zero-order valence-electron chi connectivity index (χ0n) is 37.9. The molecule has 2 aromatic heterocycles. The number of aromatic hydroxyl groups is 1. The van der Waals surface area contributed by atoms with Crippen molar-refractivity contribution in [1.29, 1.82) is 0 Å². The average Bonchev–Trinajstić information content (AvgIpc) is 3.70. The highest BCUT2D eigenvalue weighted by atomic mass is 32.1. The summed E-state index contributed by atoms with van der Waals surface area (Å²) in [5.41, 5.74) is 12.4. The van der Waals surface area contributed by atoms with Gasteiger partial charge in [-0.1, -0.05) is 69.3 Å². The number of phenols is 1. The summed E-state index contributed by atoms with van der Waals surface area (Å²) in [6, 6.07) is 21.6. The maximum atomic E-state index is 14.7. The SMILES string of the molecule is Cc1ncsc1-c1ccc(CNC(O)[C@@H]2C[C@@H](O)CN2C(=O)[C@@H](NC(=O)C2(F)CC2)C(C)(C)C)c(OCCc2ccc(CN3CCN(c4cc(-c5ccccc5O)nnc4N)CC3)cc2)c1. The second kappa shape index (κ2) is 19.6. The highest BCUT2D eigenvalue weighted by molar-refractivity contribution is 7.13. The van der Waals surface area contributed by atoms with Crippen LogP contribution in [0, 0.1) is 12.3 Å². The number of nitrogens with one attached hydrogen (secondary N) is 2. The number of likely N-dealkylation sites (tertiary alicyclic amines) is 1. The van der Waals surface area contributed by atoms with Crippen molar-refractivity contribution < 1.29 is 34.0 Å². The van der Waals surface area contributed by atoms with Crippen LogP contribution in [-0.4, -0.2) is 122 Å². The normalized spacial score (nSPS) is 19.4. The van der Waals surface area contributed by atoms with Gasteiger partial charge in [-0.05, 0) is 72.6 Å². The molecule has 7 N–H and O–H groups in total. The number of phenolic OH excluding ortho intramolecular Hbond substituents is 1. The van der Waals surface area contributed by atoms with E-state index in [-0.39, 0.29) is 38.1 Å². The van der Waals surface area contributed by atoms with Gasteiger partial charge >= 0.3 is 0 Å². The number of anilines is 2. The molecule has 3 aliphatic rings. The number of aliphatic hydroxyl groups is 2. The summed E-state index contributed by atoms with van der Waals surface area (Å²) in [7, 11) is 0. The number of β-amino-alcohol motifs (C(OH)–C–C–N with tert-alkyl or cyclic N) is 1. The number of thiazole rings is 1. The number of carbonyl (C=O) groups is 2. The Bertz CT molecular complexity index is 2510. The molecule has 2 saturated heterocycles. The number of para-hydroxylation sites is 1. The molecule has 17 heteroatoms. The standard InChI is InChI=1S/C49H60FN9O6S/c1-30-42(66-29-53-30)33-13-14-34(26-52-45(62)39-24-35(60)28-59(39)46(63)43(48(2,3)4)54-47(64)49(50)16-17-49)41(23-33)65-22-15-31-9-11-32(12-10-31)27-57-18-20-58(21-19-57)38-25-37(55-56-44(38)51)36-7-5-6-8-40(36)61/h5-14,23,25,29,35,39,43,45,52,60-62H,15-22,24,26-28H2,1-4H3,(H2,51,56)(H,54,64)/t35-,39+,43-,45?/m1/s1. The third kappa shape index (κ3) is 10.8. The van der Waals surface area contributed by atoms with Crippen LogP contribution >= 0.6 is 11.3 Å². The first-order valence-corrected chi connectivity index (χ1v) is 23.5. The lowest BCUT2D eigenvalue weighted by molar-refractivity contribution is -0.143. The Hall–Kier alpha value is -5.72. The van der Waals surface area contributed by atoms with Crippen LogP contribution in [0.15, 0.2) is 78.3 Å². The predicted molar refractivity (Wildman–Crippen MR) is 252 cm³/mol. The van der Waals surface area contributed by atoms with E-state index in [9.17, 15) is 29.3 Å². The number of amides is 2. The first-order valence-electron chi connectivity index (χ1n) is 22.6. The monoisotopic (exact) mass is 921 g/mol. The fourth-order valence-electron chi connectivity index (χ4n) is 8.67. The Morgan fingerprint density at radius 3 is 2.42 bits per heavy atom. The third-order valence-corrected chi connectivity index (χ3v) is 13.8. The molecule has 0 radical (unpaired) electrons. The number of ether oxygens (including phenoxy) is 1. The first-order chi connectivity index (χ1) is 31.6. The Balaban J connectivity index is 0.870. The van der Waals surface area contributed by atoms with Crippen LogP contribution in [0.2, 0.25) is 0 Å². The Labute approximate surface area is 388 Å². The van der Waals surface area contributed by atoms with Crippen molar-refractivity contribution in [2.24, 2.45) is 5.41 Å². The number of benzene rings is 3. The molecule has 3 fully saturated rings. The molecule has 3 aromatic carbocycles. The maximum absolute atomic E-state index is 14.7. The zero-order valence-corrected chi connectivity index (χ0v) is 38.7. The molecule has 2 aliphatic heterocycles. The summed E-state index contributed by atoms with van der Waals surface area (Å²) in [4.78, 5) is 38.2. The van der Waals surface area contributed by atoms with E-state index in [4.69, 9.17) is 10.5 Å². The third-order valence-electron chi connectivity index (χ3n) is 12.8. The molecular weight excluding hydrogens is 862 g/mol. The van der Waals surface area contributed by atoms with Gasteiger partial charge in [0.15, 0.2) is 11.5 Å². The van der Waals surface area contributed by atoms with Gasteiger partial charge in [0, 0.05) is 63.4 Å². The molecule has 1 saturated carbocycles. The number of hydrogen-bond acceptors (Lipinski definition) is 14. The second-order valence-corrected chi connectivity index (χ2v) is 19.7. The number of hydrogen-bond donors (Lipinski definition) is 6. The zero-order chi connectivity index (χ0) is 46.8. The van der Waals surface area contributed by atoms with Gasteiger partial charge in [0.05, 0.1) is 46.2 Å². The molecule has 1 unspecified atom stereocenters. The lowest BCUT2D eigenvalue weighted by Crippen LogP contribution is -2.59. The van der Waals surface area contributed by atoms with Crippen LogP contribution in [0.3, 0.4) is 0 Å². The van der Waals surface area contributed by atoms with Gasteiger partial charge < -0.3 is 40.9 Å². The summed E-state index contributed by atoms with van der Waals surface area (Å²) >= 11 is 1.55. The first kappa shape index (κ1) is 46.8. The van der Waals surface area contributed by atoms with Crippen molar-refractivity contribution >= 4 is 34.7 Å². The average molecular weight is 922 g/mol. The number of carbonyl (C=O) groups excluding carboxylic acids is 2. The molecular formula is C49H60FN9O6S. The quantitative estimate of drug-likeness (QED) is 0.0706. The molecule has 66 heavy (non-hydrogen) atoms. The van der Waals surface area contributed by atoms with E-state index in [1.54, 1.807) is 44.2 Å². The largest absolute Gasteiger partial charge is 0.507 e. The number of halogens is 1. The van der Waals surface area contributed by atoms with Crippen molar-refractivity contribution in [2.45, 2.75) is 96.6 Å².